The Morgan fingerprint density at radius 2 is 2.58 bits per heavy atom. The van der Waals surface area contributed by atoms with E-state index in [1.54, 1.807) is 12.3 Å². The lowest BCUT2D eigenvalue weighted by atomic mass is 10.5. The topological polar surface area (TPSA) is 65.2 Å². The molecule has 1 rings (SSSR count). The second-order valence-electron chi connectivity index (χ2n) is 2.05. The molecule has 0 bridgehead atoms. The van der Waals surface area contributed by atoms with Crippen LogP contribution < -0.4 is 5.73 Å². The van der Waals surface area contributed by atoms with E-state index >= 15 is 0 Å². The maximum absolute atomic E-state index is 11.1. The van der Waals surface area contributed by atoms with E-state index in [0.29, 0.717) is 18.8 Å². The van der Waals surface area contributed by atoms with Crippen molar-refractivity contribution in [3.8, 4) is 0 Å². The summed E-state index contributed by atoms with van der Waals surface area (Å²) in [5.74, 6) is -0.381. The van der Waals surface area contributed by atoms with Crippen molar-refractivity contribution in [3.63, 3.8) is 0 Å². The van der Waals surface area contributed by atoms with Gasteiger partial charge >= 0.3 is 5.97 Å². The van der Waals surface area contributed by atoms with Gasteiger partial charge in [-0.25, -0.2) is 9.78 Å². The SMILES string of the molecule is CCOC(=O)c1csc(CN)n1. The molecule has 0 unspecified atom stereocenters. The Kier molecular flexibility index (Phi) is 3.19. The summed E-state index contributed by atoms with van der Waals surface area (Å²) in [5, 5.41) is 2.40. The Bertz CT molecular complexity index is 272. The minimum absolute atomic E-state index is 0.349. The third kappa shape index (κ3) is 2.02. The summed E-state index contributed by atoms with van der Waals surface area (Å²) in [7, 11) is 0. The van der Waals surface area contributed by atoms with Gasteiger partial charge in [0.25, 0.3) is 0 Å². The predicted octanol–water partition coefficient (Wildman–Crippen LogP) is 0.778. The molecule has 66 valence electrons. The van der Waals surface area contributed by atoms with Crippen molar-refractivity contribution in [2.75, 3.05) is 6.61 Å². The minimum atomic E-state index is -0.381. The van der Waals surface area contributed by atoms with Crippen LogP contribution in [0.15, 0.2) is 5.38 Å². The number of esters is 1. The summed E-state index contributed by atoms with van der Waals surface area (Å²) < 4.78 is 4.75. The molecular weight excluding hydrogens is 176 g/mol. The lowest BCUT2D eigenvalue weighted by Gasteiger charge is -1.95. The highest BCUT2D eigenvalue weighted by Gasteiger charge is 2.09. The van der Waals surface area contributed by atoms with Crippen LogP contribution in [0.3, 0.4) is 0 Å². The first kappa shape index (κ1) is 9.15. The highest BCUT2D eigenvalue weighted by atomic mass is 32.1. The number of nitrogens with two attached hydrogens (primary N) is 1. The molecule has 2 N–H and O–H groups in total. The van der Waals surface area contributed by atoms with Gasteiger partial charge in [-0.3, -0.25) is 0 Å². The highest BCUT2D eigenvalue weighted by Crippen LogP contribution is 2.09. The van der Waals surface area contributed by atoms with Gasteiger partial charge in [-0.05, 0) is 6.92 Å². The molecule has 0 aliphatic heterocycles. The van der Waals surface area contributed by atoms with E-state index < -0.39 is 0 Å². The molecule has 1 heterocycles. The molecule has 0 aliphatic rings. The van der Waals surface area contributed by atoms with Crippen molar-refractivity contribution < 1.29 is 9.53 Å². The van der Waals surface area contributed by atoms with Crippen LogP contribution in [0.5, 0.6) is 0 Å². The number of ether oxygens (including phenoxy) is 1. The van der Waals surface area contributed by atoms with Gasteiger partial charge in [-0.2, -0.15) is 0 Å². The molecular formula is C7H10N2O2S. The molecule has 5 heteroatoms. The Labute approximate surface area is 74.4 Å². The summed E-state index contributed by atoms with van der Waals surface area (Å²) in [6.07, 6.45) is 0. The average Bonchev–Trinajstić information content (AvgIpc) is 2.52. The van der Waals surface area contributed by atoms with Crippen molar-refractivity contribution >= 4 is 17.3 Å². The van der Waals surface area contributed by atoms with E-state index in [0.717, 1.165) is 5.01 Å². The molecule has 0 aromatic carbocycles. The van der Waals surface area contributed by atoms with E-state index in [2.05, 4.69) is 4.98 Å². The molecule has 0 saturated heterocycles. The maximum Gasteiger partial charge on any atom is 0.357 e. The van der Waals surface area contributed by atoms with E-state index in [1.807, 2.05) is 0 Å². The molecule has 0 radical (unpaired) electrons. The third-order valence-electron chi connectivity index (χ3n) is 1.21. The zero-order chi connectivity index (χ0) is 8.97. The van der Waals surface area contributed by atoms with E-state index in [1.165, 1.54) is 11.3 Å². The summed E-state index contributed by atoms with van der Waals surface area (Å²) in [6.45, 7) is 2.49. The van der Waals surface area contributed by atoms with Crippen LogP contribution in [0.1, 0.15) is 22.4 Å². The normalized spacial score (nSPS) is 9.83. The molecule has 0 amide bonds. The zero-order valence-electron chi connectivity index (χ0n) is 6.74. The Balaban J connectivity index is 2.68. The standard InChI is InChI=1S/C7H10N2O2S/c1-2-11-7(10)5-4-12-6(3-8)9-5/h4H,2-3,8H2,1H3. The number of carbonyl (C=O) groups excluding carboxylic acids is 1. The summed E-state index contributed by atoms with van der Waals surface area (Å²) in [6, 6.07) is 0. The quantitative estimate of drug-likeness (QED) is 0.708. The highest BCUT2D eigenvalue weighted by molar-refractivity contribution is 7.09. The lowest BCUT2D eigenvalue weighted by Crippen LogP contribution is -2.05. The summed E-state index contributed by atoms with van der Waals surface area (Å²) in [4.78, 5) is 15.0. The summed E-state index contributed by atoms with van der Waals surface area (Å²) >= 11 is 1.37. The first-order valence-electron chi connectivity index (χ1n) is 3.59. The van der Waals surface area contributed by atoms with Crippen molar-refractivity contribution in [1.29, 1.82) is 0 Å². The first-order chi connectivity index (χ1) is 5.77. The Hall–Kier alpha value is -0.940. The van der Waals surface area contributed by atoms with Crippen LogP contribution in [0.4, 0.5) is 0 Å². The van der Waals surface area contributed by atoms with Crippen LogP contribution in [-0.4, -0.2) is 17.6 Å². The van der Waals surface area contributed by atoms with Gasteiger partial charge in [0.1, 0.15) is 5.01 Å². The van der Waals surface area contributed by atoms with Gasteiger partial charge in [0.2, 0.25) is 0 Å². The van der Waals surface area contributed by atoms with Crippen LogP contribution in [0.25, 0.3) is 0 Å². The number of hydrogen-bond donors (Lipinski definition) is 1. The van der Waals surface area contributed by atoms with Gasteiger partial charge in [-0.15, -0.1) is 11.3 Å². The molecule has 1 aromatic rings. The number of aromatic nitrogens is 1. The van der Waals surface area contributed by atoms with Crippen LogP contribution in [-0.2, 0) is 11.3 Å². The van der Waals surface area contributed by atoms with Gasteiger partial charge in [0.05, 0.1) is 6.61 Å². The second-order valence-corrected chi connectivity index (χ2v) is 2.99. The lowest BCUT2D eigenvalue weighted by molar-refractivity contribution is 0.0520. The molecule has 0 spiro atoms. The Morgan fingerprint density at radius 1 is 1.83 bits per heavy atom. The van der Waals surface area contributed by atoms with Gasteiger partial charge in [-0.1, -0.05) is 0 Å². The van der Waals surface area contributed by atoms with Gasteiger partial charge < -0.3 is 10.5 Å². The number of carbonyl (C=O) groups is 1. The number of hydrogen-bond acceptors (Lipinski definition) is 5. The minimum Gasteiger partial charge on any atom is -0.461 e. The fraction of sp³-hybridized carbons (Fsp3) is 0.429. The fourth-order valence-corrected chi connectivity index (χ4v) is 1.35. The average molecular weight is 186 g/mol. The predicted molar refractivity (Wildman–Crippen MR) is 46.0 cm³/mol. The zero-order valence-corrected chi connectivity index (χ0v) is 7.56. The van der Waals surface area contributed by atoms with Crippen molar-refractivity contribution in [1.82, 2.24) is 4.98 Å². The van der Waals surface area contributed by atoms with Crippen molar-refractivity contribution in [2.45, 2.75) is 13.5 Å². The first-order valence-corrected chi connectivity index (χ1v) is 4.47. The van der Waals surface area contributed by atoms with E-state index in [-0.39, 0.29) is 5.97 Å². The largest absolute Gasteiger partial charge is 0.461 e. The number of rotatable bonds is 3. The molecule has 0 atom stereocenters. The molecule has 1 aromatic heterocycles. The monoisotopic (exact) mass is 186 g/mol. The maximum atomic E-state index is 11.1. The molecule has 4 nitrogen and oxygen atoms in total. The third-order valence-corrected chi connectivity index (χ3v) is 2.08. The van der Waals surface area contributed by atoms with Crippen LogP contribution >= 0.6 is 11.3 Å². The van der Waals surface area contributed by atoms with Crippen molar-refractivity contribution in [3.05, 3.63) is 16.1 Å². The fourth-order valence-electron chi connectivity index (χ4n) is 0.703. The van der Waals surface area contributed by atoms with Crippen molar-refractivity contribution in [2.24, 2.45) is 5.73 Å². The van der Waals surface area contributed by atoms with E-state index in [9.17, 15) is 4.79 Å². The van der Waals surface area contributed by atoms with Gasteiger partial charge in [0, 0.05) is 11.9 Å². The smallest absolute Gasteiger partial charge is 0.357 e. The van der Waals surface area contributed by atoms with Crippen LogP contribution in [0, 0.1) is 0 Å². The Morgan fingerprint density at radius 3 is 3.08 bits per heavy atom. The molecule has 0 fully saturated rings. The summed E-state index contributed by atoms with van der Waals surface area (Å²) in [5.41, 5.74) is 5.68. The van der Waals surface area contributed by atoms with Gasteiger partial charge in [0.15, 0.2) is 5.69 Å². The number of nitrogens with zero attached hydrogens (tertiary/aromatic N) is 1. The van der Waals surface area contributed by atoms with E-state index in [4.69, 9.17) is 10.5 Å². The second kappa shape index (κ2) is 4.18. The molecule has 0 aliphatic carbocycles. The number of thiazole rings is 1. The van der Waals surface area contributed by atoms with Crippen LogP contribution in [0.2, 0.25) is 0 Å². The molecule has 0 saturated carbocycles. The molecule has 12 heavy (non-hydrogen) atoms.